The molecule has 0 unspecified atom stereocenters. The maximum absolute atomic E-state index is 11.7. The molecule has 2 rings (SSSR count). The Balaban J connectivity index is 2.51. The van der Waals surface area contributed by atoms with Gasteiger partial charge in [-0.25, -0.2) is 9.59 Å². The molecule has 0 bridgehead atoms. The van der Waals surface area contributed by atoms with Crippen LogP contribution < -0.4 is 0 Å². The molecule has 1 aliphatic heterocycles. The summed E-state index contributed by atoms with van der Waals surface area (Å²) in [5, 5.41) is 10.9. The van der Waals surface area contributed by atoms with E-state index in [9.17, 15) is 9.59 Å². The Morgan fingerprint density at radius 2 is 2.11 bits per heavy atom. The summed E-state index contributed by atoms with van der Waals surface area (Å²) < 4.78 is 4.69. The lowest BCUT2D eigenvalue weighted by Gasteiger charge is -2.08. The summed E-state index contributed by atoms with van der Waals surface area (Å²) in [7, 11) is 5.97. The molecular weight excluding hydrogens is 292 g/mol. The predicted octanol–water partition coefficient (Wildman–Crippen LogP) is 3.51. The fraction of sp³-hybridized carbons (Fsp3) is 0.0909. The molecule has 1 aromatic carbocycles. The molecule has 7 heteroatoms. The minimum atomic E-state index is -1.07. The van der Waals surface area contributed by atoms with Gasteiger partial charge in [0.15, 0.2) is 0 Å². The Kier molecular flexibility index (Phi) is 4.26. The molecule has 1 aromatic rings. The molecule has 1 heterocycles. The second-order valence-electron chi connectivity index (χ2n) is 3.29. The van der Waals surface area contributed by atoms with E-state index in [1.165, 1.54) is 30.0 Å². The summed E-state index contributed by atoms with van der Waals surface area (Å²) in [5.74, 6) is -1.60. The van der Waals surface area contributed by atoms with Crippen molar-refractivity contribution in [3.05, 3.63) is 40.3 Å². The van der Waals surface area contributed by atoms with Crippen molar-refractivity contribution in [1.29, 1.82) is 0 Å². The summed E-state index contributed by atoms with van der Waals surface area (Å²) in [6.07, 6.45) is 0. The molecule has 18 heavy (non-hydrogen) atoms. The number of hydrogen-bond acceptors (Lipinski definition) is 6. The first kappa shape index (κ1) is 13.4. The monoisotopic (exact) mass is 300 g/mol. The number of carboxylic acid groups (broad SMARTS) is 1. The number of benzene rings is 1. The van der Waals surface area contributed by atoms with Crippen molar-refractivity contribution < 1.29 is 19.4 Å². The molecule has 0 saturated heterocycles. The van der Waals surface area contributed by atoms with E-state index < -0.39 is 11.9 Å². The molecule has 0 amide bonds. The first-order valence-electron chi connectivity index (χ1n) is 4.79. The van der Waals surface area contributed by atoms with Crippen LogP contribution >= 0.6 is 31.4 Å². The molecule has 94 valence electrons. The molecule has 1 aliphatic rings. The number of rotatable bonds is 3. The van der Waals surface area contributed by atoms with Crippen LogP contribution in [0, 0.1) is 0 Å². The normalized spacial score (nSPS) is 14.2. The lowest BCUT2D eigenvalue weighted by molar-refractivity contribution is 0.0600. The highest BCUT2D eigenvalue weighted by Crippen LogP contribution is 2.53. The molecule has 0 radical (unpaired) electrons. The van der Waals surface area contributed by atoms with E-state index in [-0.39, 0.29) is 11.1 Å². The van der Waals surface area contributed by atoms with Crippen molar-refractivity contribution in [3.63, 3.8) is 0 Å². The van der Waals surface area contributed by atoms with Crippen LogP contribution in [-0.4, -0.2) is 24.2 Å². The largest absolute Gasteiger partial charge is 0.478 e. The van der Waals surface area contributed by atoms with Gasteiger partial charge in [-0.3, -0.25) is 0 Å². The van der Waals surface area contributed by atoms with Gasteiger partial charge in [-0.2, -0.15) is 0 Å². The van der Waals surface area contributed by atoms with Crippen molar-refractivity contribution in [2.24, 2.45) is 0 Å². The van der Waals surface area contributed by atoms with Crippen LogP contribution in [0.2, 0.25) is 0 Å². The Morgan fingerprint density at radius 1 is 1.33 bits per heavy atom. The van der Waals surface area contributed by atoms with Gasteiger partial charge in [0.05, 0.1) is 18.2 Å². The quantitative estimate of drug-likeness (QED) is 0.677. The minimum Gasteiger partial charge on any atom is -0.478 e. The van der Waals surface area contributed by atoms with Gasteiger partial charge in [0.1, 0.15) is 0 Å². The van der Waals surface area contributed by atoms with Crippen molar-refractivity contribution in [2.75, 3.05) is 7.11 Å². The zero-order chi connectivity index (χ0) is 13.1. The van der Waals surface area contributed by atoms with E-state index in [1.807, 2.05) is 5.41 Å². The van der Waals surface area contributed by atoms with Crippen LogP contribution in [0.15, 0.2) is 23.6 Å². The molecule has 0 aromatic heterocycles. The lowest BCUT2D eigenvalue weighted by Crippen LogP contribution is -2.07. The smallest absolute Gasteiger partial charge is 0.338 e. The maximum atomic E-state index is 11.7. The van der Waals surface area contributed by atoms with Gasteiger partial charge >= 0.3 is 11.9 Å². The van der Waals surface area contributed by atoms with Gasteiger partial charge < -0.3 is 9.84 Å². The van der Waals surface area contributed by atoms with Crippen molar-refractivity contribution in [1.82, 2.24) is 0 Å². The summed E-state index contributed by atoms with van der Waals surface area (Å²) in [6, 6.07) is 4.47. The van der Waals surface area contributed by atoms with Crippen molar-refractivity contribution in [2.45, 2.75) is 0 Å². The van der Waals surface area contributed by atoms with Gasteiger partial charge in [-0.15, -0.1) is 0 Å². The van der Waals surface area contributed by atoms with E-state index in [0.29, 0.717) is 5.56 Å². The number of carbonyl (C=O) groups is 2. The van der Waals surface area contributed by atoms with Crippen molar-refractivity contribution >= 4 is 48.3 Å². The van der Waals surface area contributed by atoms with Crippen molar-refractivity contribution in [3.8, 4) is 0 Å². The minimum absolute atomic E-state index is 0.0723. The highest BCUT2D eigenvalue weighted by atomic mass is 33.5. The molecule has 1 N–H and O–H groups in total. The Morgan fingerprint density at radius 3 is 2.67 bits per heavy atom. The molecule has 0 aliphatic carbocycles. The third-order valence-corrected chi connectivity index (χ3v) is 5.99. The second-order valence-corrected chi connectivity index (χ2v) is 7.17. The number of carbonyl (C=O) groups excluding carboxylic acids is 1. The van der Waals surface area contributed by atoms with E-state index in [0.717, 1.165) is 4.91 Å². The summed E-state index contributed by atoms with van der Waals surface area (Å²) >= 11 is 0. The van der Waals surface area contributed by atoms with E-state index in [4.69, 9.17) is 5.11 Å². The highest BCUT2D eigenvalue weighted by Gasteiger charge is 2.20. The molecule has 0 fully saturated rings. The first-order chi connectivity index (χ1) is 8.63. The number of hydrogen-bond donors (Lipinski definition) is 1. The van der Waals surface area contributed by atoms with Crippen LogP contribution in [-0.2, 0) is 4.74 Å². The SMILES string of the molecule is COC(=O)c1cc(C(=O)O)ccc1C1=CSSS1. The molecule has 0 saturated carbocycles. The summed E-state index contributed by atoms with van der Waals surface area (Å²) in [6.45, 7) is 0. The zero-order valence-electron chi connectivity index (χ0n) is 9.21. The van der Waals surface area contributed by atoms with E-state index in [2.05, 4.69) is 4.74 Å². The topological polar surface area (TPSA) is 63.6 Å². The number of ether oxygens (including phenoxy) is 1. The molecule has 4 nitrogen and oxygen atoms in total. The Hall–Kier alpha value is -1.05. The zero-order valence-corrected chi connectivity index (χ0v) is 11.7. The van der Waals surface area contributed by atoms with Crippen LogP contribution in [0.5, 0.6) is 0 Å². The summed E-state index contributed by atoms with van der Waals surface area (Å²) in [4.78, 5) is 23.5. The maximum Gasteiger partial charge on any atom is 0.338 e. The third kappa shape index (κ3) is 2.68. The highest BCUT2D eigenvalue weighted by molar-refractivity contribution is 9.13. The number of methoxy groups -OCH3 is 1. The van der Waals surface area contributed by atoms with Gasteiger partial charge in [0.25, 0.3) is 0 Å². The fourth-order valence-electron chi connectivity index (χ4n) is 1.42. The lowest BCUT2D eigenvalue weighted by atomic mass is 10.0. The summed E-state index contributed by atoms with van der Waals surface area (Å²) in [5.41, 5.74) is 1.05. The van der Waals surface area contributed by atoms with E-state index in [1.54, 1.807) is 26.7 Å². The van der Waals surface area contributed by atoms with Gasteiger partial charge in [0.2, 0.25) is 0 Å². The van der Waals surface area contributed by atoms with E-state index >= 15 is 0 Å². The molecule has 0 atom stereocenters. The average Bonchev–Trinajstić information content (AvgIpc) is 2.90. The second kappa shape index (κ2) is 5.73. The Labute approximate surface area is 115 Å². The van der Waals surface area contributed by atoms with Crippen LogP contribution in [0.3, 0.4) is 0 Å². The van der Waals surface area contributed by atoms with Crippen LogP contribution in [0.25, 0.3) is 4.91 Å². The molecule has 0 spiro atoms. The number of carboxylic acids is 1. The number of esters is 1. The molecular formula is C11H8O4S3. The fourth-order valence-corrected chi connectivity index (χ4v) is 5.27. The number of aromatic carboxylic acids is 1. The first-order valence-corrected chi connectivity index (χ1v) is 8.34. The third-order valence-electron chi connectivity index (χ3n) is 2.26. The van der Waals surface area contributed by atoms with Gasteiger partial charge in [0, 0.05) is 10.5 Å². The van der Waals surface area contributed by atoms with Gasteiger partial charge in [-0.05, 0) is 38.2 Å². The van der Waals surface area contributed by atoms with Crippen LogP contribution in [0.4, 0.5) is 0 Å². The predicted molar refractivity (Wildman–Crippen MR) is 75.5 cm³/mol. The van der Waals surface area contributed by atoms with Crippen LogP contribution in [0.1, 0.15) is 26.3 Å². The van der Waals surface area contributed by atoms with Gasteiger partial charge in [-0.1, -0.05) is 16.9 Å². The standard InChI is InChI=1S/C11H8O4S3/c1-15-11(14)8-4-6(10(12)13)2-3-7(8)9-5-16-18-17-9/h2-5H,1H3,(H,12,13). The Bertz CT molecular complexity index is 539. The average molecular weight is 300 g/mol.